The first-order chi connectivity index (χ1) is 8.65. The van der Waals surface area contributed by atoms with Crippen LogP contribution in [-0.2, 0) is 4.79 Å². The Morgan fingerprint density at radius 1 is 1.44 bits per heavy atom. The maximum atomic E-state index is 11.4. The molecule has 1 N–H and O–H groups in total. The molecule has 1 atom stereocenters. The summed E-state index contributed by atoms with van der Waals surface area (Å²) in [4.78, 5) is 11.4. The second-order valence-corrected chi connectivity index (χ2v) is 3.59. The third-order valence-electron chi connectivity index (χ3n) is 2.50. The van der Waals surface area contributed by atoms with Crippen molar-refractivity contribution in [3.8, 4) is 17.6 Å². The molecule has 0 fully saturated rings. The summed E-state index contributed by atoms with van der Waals surface area (Å²) in [6.07, 6.45) is 0.324. The van der Waals surface area contributed by atoms with Gasteiger partial charge in [0.05, 0.1) is 20.3 Å². The Balaban J connectivity index is 3.10. The lowest BCUT2D eigenvalue weighted by atomic mass is 10.1. The molecule has 1 amide bonds. The number of methoxy groups -OCH3 is 2. The van der Waals surface area contributed by atoms with Gasteiger partial charge in [0, 0.05) is 12.0 Å². The van der Waals surface area contributed by atoms with E-state index in [4.69, 9.17) is 14.7 Å². The molecule has 0 bridgehead atoms. The Kier molecular flexibility index (Phi) is 5.00. The number of carbonyl (C=O) groups is 1. The zero-order chi connectivity index (χ0) is 13.5. The smallest absolute Gasteiger partial charge is 0.221 e. The number of hydrogen-bond acceptors (Lipinski definition) is 4. The molecule has 0 saturated heterocycles. The Morgan fingerprint density at radius 3 is 2.67 bits per heavy atom. The van der Waals surface area contributed by atoms with Gasteiger partial charge in [0.15, 0.2) is 0 Å². The van der Waals surface area contributed by atoms with Gasteiger partial charge >= 0.3 is 0 Å². The molecule has 1 aromatic rings. The Bertz CT molecular complexity index is 466. The molecule has 0 aromatic heterocycles. The van der Waals surface area contributed by atoms with E-state index in [1.54, 1.807) is 25.1 Å². The monoisotopic (exact) mass is 248 g/mol. The van der Waals surface area contributed by atoms with Gasteiger partial charge in [0.2, 0.25) is 5.91 Å². The van der Waals surface area contributed by atoms with Crippen LogP contribution in [0.5, 0.6) is 11.5 Å². The van der Waals surface area contributed by atoms with Crippen molar-refractivity contribution in [1.29, 1.82) is 5.26 Å². The number of nitriles is 1. The van der Waals surface area contributed by atoms with Gasteiger partial charge in [-0.05, 0) is 18.2 Å². The molecule has 0 radical (unpaired) electrons. The first kappa shape index (κ1) is 13.8. The number of amides is 1. The van der Waals surface area contributed by atoms with Crippen molar-refractivity contribution >= 4 is 5.91 Å². The van der Waals surface area contributed by atoms with Gasteiger partial charge in [-0.25, -0.2) is 0 Å². The molecular weight excluding hydrogens is 232 g/mol. The fourth-order valence-electron chi connectivity index (χ4n) is 1.51. The number of nitrogens with zero attached hydrogens (tertiary/aromatic N) is 1. The molecule has 0 aliphatic heterocycles. The fraction of sp³-hybridized carbons (Fsp3) is 0.385. The number of benzene rings is 1. The number of nitrogens with one attached hydrogen (secondary N) is 1. The summed E-state index contributed by atoms with van der Waals surface area (Å²) in [6.45, 7) is 1.73. The highest BCUT2D eigenvalue weighted by Gasteiger charge is 2.18. The van der Waals surface area contributed by atoms with E-state index < -0.39 is 6.04 Å². The second kappa shape index (κ2) is 6.50. The third kappa shape index (κ3) is 3.14. The lowest BCUT2D eigenvalue weighted by Gasteiger charge is -2.15. The summed E-state index contributed by atoms with van der Waals surface area (Å²) in [7, 11) is 3.05. The molecule has 0 aliphatic rings. The topological polar surface area (TPSA) is 71.4 Å². The molecule has 1 rings (SSSR count). The SMILES string of the molecule is CCC(=O)NC(C#N)c1cc(OC)ccc1OC. The maximum absolute atomic E-state index is 11.4. The van der Waals surface area contributed by atoms with Gasteiger partial charge in [0.1, 0.15) is 17.5 Å². The van der Waals surface area contributed by atoms with Crippen molar-refractivity contribution in [2.24, 2.45) is 0 Å². The van der Waals surface area contributed by atoms with Crippen LogP contribution in [0, 0.1) is 11.3 Å². The summed E-state index contributed by atoms with van der Waals surface area (Å²) in [5.74, 6) is 0.960. The molecule has 96 valence electrons. The van der Waals surface area contributed by atoms with Crippen LogP contribution in [0.4, 0.5) is 0 Å². The maximum Gasteiger partial charge on any atom is 0.221 e. The molecule has 18 heavy (non-hydrogen) atoms. The van der Waals surface area contributed by atoms with Crippen LogP contribution in [-0.4, -0.2) is 20.1 Å². The summed E-state index contributed by atoms with van der Waals surface area (Å²) < 4.78 is 10.3. The average molecular weight is 248 g/mol. The Hall–Kier alpha value is -2.22. The van der Waals surface area contributed by atoms with Crippen LogP contribution >= 0.6 is 0 Å². The molecule has 5 heteroatoms. The quantitative estimate of drug-likeness (QED) is 0.862. The average Bonchev–Trinajstić information content (AvgIpc) is 2.43. The van der Waals surface area contributed by atoms with Gasteiger partial charge in [-0.15, -0.1) is 0 Å². The van der Waals surface area contributed by atoms with E-state index in [0.717, 1.165) is 0 Å². The minimum absolute atomic E-state index is 0.188. The molecule has 0 spiro atoms. The molecule has 0 saturated carbocycles. The zero-order valence-electron chi connectivity index (χ0n) is 10.7. The zero-order valence-corrected chi connectivity index (χ0v) is 10.7. The molecule has 1 aromatic carbocycles. The molecule has 0 aliphatic carbocycles. The van der Waals surface area contributed by atoms with Crippen molar-refractivity contribution in [2.45, 2.75) is 19.4 Å². The highest BCUT2D eigenvalue weighted by atomic mass is 16.5. The van der Waals surface area contributed by atoms with Crippen LogP contribution in [0.15, 0.2) is 18.2 Å². The first-order valence-electron chi connectivity index (χ1n) is 5.57. The van der Waals surface area contributed by atoms with Crippen molar-refractivity contribution in [2.75, 3.05) is 14.2 Å². The minimum Gasteiger partial charge on any atom is -0.497 e. The molecule has 5 nitrogen and oxygen atoms in total. The standard InChI is InChI=1S/C13H16N2O3/c1-4-13(16)15-11(8-14)10-7-9(17-2)5-6-12(10)18-3/h5-7,11H,4H2,1-3H3,(H,15,16). The summed E-state index contributed by atoms with van der Waals surface area (Å²) in [5.41, 5.74) is 0.584. The van der Waals surface area contributed by atoms with E-state index in [0.29, 0.717) is 23.5 Å². The highest BCUT2D eigenvalue weighted by Crippen LogP contribution is 2.29. The third-order valence-corrected chi connectivity index (χ3v) is 2.50. The number of ether oxygens (including phenoxy) is 2. The van der Waals surface area contributed by atoms with E-state index in [-0.39, 0.29) is 5.91 Å². The normalized spacial score (nSPS) is 11.2. The number of rotatable bonds is 5. The van der Waals surface area contributed by atoms with Crippen LogP contribution in [0.2, 0.25) is 0 Å². The van der Waals surface area contributed by atoms with Crippen molar-refractivity contribution < 1.29 is 14.3 Å². The van der Waals surface area contributed by atoms with Crippen molar-refractivity contribution in [3.63, 3.8) is 0 Å². The first-order valence-corrected chi connectivity index (χ1v) is 5.57. The van der Waals surface area contributed by atoms with Crippen LogP contribution in [0.25, 0.3) is 0 Å². The van der Waals surface area contributed by atoms with E-state index in [2.05, 4.69) is 5.32 Å². The van der Waals surface area contributed by atoms with E-state index in [9.17, 15) is 4.79 Å². The van der Waals surface area contributed by atoms with E-state index in [1.807, 2.05) is 6.07 Å². The number of hydrogen-bond donors (Lipinski definition) is 1. The summed E-state index contributed by atoms with van der Waals surface area (Å²) in [5, 5.41) is 11.8. The van der Waals surface area contributed by atoms with E-state index >= 15 is 0 Å². The van der Waals surface area contributed by atoms with Gasteiger partial charge in [-0.3, -0.25) is 4.79 Å². The number of carbonyl (C=O) groups excluding carboxylic acids is 1. The predicted molar refractivity (Wildman–Crippen MR) is 66.3 cm³/mol. The Labute approximate surface area is 106 Å². The van der Waals surface area contributed by atoms with Gasteiger partial charge in [-0.2, -0.15) is 5.26 Å². The largest absolute Gasteiger partial charge is 0.497 e. The van der Waals surface area contributed by atoms with Crippen LogP contribution < -0.4 is 14.8 Å². The molecule has 1 unspecified atom stereocenters. The molecule has 0 heterocycles. The predicted octanol–water partition coefficient (Wildman–Crippen LogP) is 1.79. The lowest BCUT2D eigenvalue weighted by Crippen LogP contribution is -2.27. The van der Waals surface area contributed by atoms with Crippen LogP contribution in [0.1, 0.15) is 24.9 Å². The fourth-order valence-corrected chi connectivity index (χ4v) is 1.51. The minimum atomic E-state index is -0.748. The Morgan fingerprint density at radius 2 is 2.17 bits per heavy atom. The van der Waals surface area contributed by atoms with Crippen LogP contribution in [0.3, 0.4) is 0 Å². The highest BCUT2D eigenvalue weighted by molar-refractivity contribution is 5.76. The van der Waals surface area contributed by atoms with E-state index in [1.165, 1.54) is 14.2 Å². The second-order valence-electron chi connectivity index (χ2n) is 3.59. The van der Waals surface area contributed by atoms with Gasteiger partial charge in [-0.1, -0.05) is 6.92 Å². The lowest BCUT2D eigenvalue weighted by molar-refractivity contribution is -0.121. The van der Waals surface area contributed by atoms with Crippen molar-refractivity contribution in [3.05, 3.63) is 23.8 Å². The molecular formula is C13H16N2O3. The summed E-state index contributed by atoms with van der Waals surface area (Å²) in [6, 6.07) is 6.42. The van der Waals surface area contributed by atoms with Gasteiger partial charge in [0.25, 0.3) is 0 Å². The summed E-state index contributed by atoms with van der Waals surface area (Å²) >= 11 is 0. The van der Waals surface area contributed by atoms with Crippen molar-refractivity contribution in [1.82, 2.24) is 5.32 Å². The van der Waals surface area contributed by atoms with Gasteiger partial charge < -0.3 is 14.8 Å².